The van der Waals surface area contributed by atoms with Gasteiger partial charge >= 0.3 is 5.97 Å². The normalized spacial score (nSPS) is 10.0. The average molecular weight is 314 g/mol. The molecule has 2 aromatic carbocycles. The summed E-state index contributed by atoms with van der Waals surface area (Å²) in [7, 11) is 1.51. The van der Waals surface area contributed by atoms with Gasteiger partial charge in [-0.3, -0.25) is 4.79 Å². The molecule has 6 nitrogen and oxygen atoms in total. The Hall–Kier alpha value is -3.02. The summed E-state index contributed by atoms with van der Waals surface area (Å²) in [4.78, 5) is 24.0. The van der Waals surface area contributed by atoms with Crippen molar-refractivity contribution < 1.29 is 19.1 Å². The second kappa shape index (κ2) is 7.31. The minimum Gasteiger partial charge on any atom is -0.495 e. The molecule has 2 rings (SSSR count). The third-order valence-electron chi connectivity index (χ3n) is 3.12. The number of benzene rings is 2. The maximum atomic E-state index is 12.2. The molecule has 0 saturated heterocycles. The van der Waals surface area contributed by atoms with Crippen molar-refractivity contribution in [2.24, 2.45) is 0 Å². The highest BCUT2D eigenvalue weighted by Gasteiger charge is 2.11. The van der Waals surface area contributed by atoms with E-state index < -0.39 is 5.97 Å². The molecule has 23 heavy (non-hydrogen) atoms. The first kappa shape index (κ1) is 16.4. The van der Waals surface area contributed by atoms with Gasteiger partial charge in [-0.05, 0) is 43.3 Å². The van der Waals surface area contributed by atoms with Crippen molar-refractivity contribution in [3.8, 4) is 5.75 Å². The fourth-order valence-electron chi connectivity index (χ4n) is 2.02. The lowest BCUT2D eigenvalue weighted by Crippen LogP contribution is -2.13. The van der Waals surface area contributed by atoms with Crippen molar-refractivity contribution >= 4 is 23.3 Å². The van der Waals surface area contributed by atoms with Crippen LogP contribution in [-0.2, 0) is 4.74 Å². The van der Waals surface area contributed by atoms with Crippen LogP contribution in [0.4, 0.5) is 11.4 Å². The molecule has 0 unspecified atom stereocenters. The summed E-state index contributed by atoms with van der Waals surface area (Å²) < 4.78 is 9.99. The highest BCUT2D eigenvalue weighted by Crippen LogP contribution is 2.22. The summed E-state index contributed by atoms with van der Waals surface area (Å²) in [6.07, 6.45) is 0. The zero-order chi connectivity index (χ0) is 16.8. The molecule has 0 spiro atoms. The minimum atomic E-state index is -0.433. The first-order valence-electron chi connectivity index (χ1n) is 7.07. The Balaban J connectivity index is 2.15. The average Bonchev–Trinajstić information content (AvgIpc) is 2.55. The Morgan fingerprint density at radius 1 is 1.13 bits per heavy atom. The number of nitrogen functional groups attached to an aromatic ring is 1. The summed E-state index contributed by atoms with van der Waals surface area (Å²) in [6, 6.07) is 11.3. The van der Waals surface area contributed by atoms with E-state index in [9.17, 15) is 9.59 Å². The molecule has 0 heterocycles. The lowest BCUT2D eigenvalue weighted by molar-refractivity contribution is 0.0526. The summed E-state index contributed by atoms with van der Waals surface area (Å²) in [5, 5.41) is 2.72. The van der Waals surface area contributed by atoms with E-state index in [2.05, 4.69) is 5.32 Å². The second-order valence-corrected chi connectivity index (χ2v) is 4.71. The van der Waals surface area contributed by atoms with Gasteiger partial charge in [0.05, 0.1) is 25.0 Å². The molecule has 0 saturated carbocycles. The van der Waals surface area contributed by atoms with E-state index in [-0.39, 0.29) is 5.91 Å². The van der Waals surface area contributed by atoms with Gasteiger partial charge in [-0.2, -0.15) is 0 Å². The first-order valence-corrected chi connectivity index (χ1v) is 7.07. The highest BCUT2D eigenvalue weighted by atomic mass is 16.5. The summed E-state index contributed by atoms with van der Waals surface area (Å²) in [5.41, 5.74) is 7.43. The van der Waals surface area contributed by atoms with Crippen molar-refractivity contribution in [3.63, 3.8) is 0 Å². The standard InChI is InChI=1S/C17H18N2O4/c1-3-23-17(21)12-5-4-6-13(9-12)19-16(20)11-7-8-15(22-2)14(18)10-11/h4-10H,3,18H2,1-2H3,(H,19,20). The second-order valence-electron chi connectivity index (χ2n) is 4.71. The third kappa shape index (κ3) is 4.00. The Bertz CT molecular complexity index is 728. The van der Waals surface area contributed by atoms with Gasteiger partial charge in [0.25, 0.3) is 5.91 Å². The number of carbonyl (C=O) groups excluding carboxylic acids is 2. The van der Waals surface area contributed by atoms with Crippen LogP contribution in [0.25, 0.3) is 0 Å². The Morgan fingerprint density at radius 3 is 2.57 bits per heavy atom. The molecule has 3 N–H and O–H groups in total. The quantitative estimate of drug-likeness (QED) is 0.654. The van der Waals surface area contributed by atoms with Gasteiger partial charge in [-0.25, -0.2) is 4.79 Å². The smallest absolute Gasteiger partial charge is 0.338 e. The molecule has 120 valence electrons. The number of methoxy groups -OCH3 is 1. The number of carbonyl (C=O) groups is 2. The molecular formula is C17H18N2O4. The number of rotatable bonds is 5. The monoisotopic (exact) mass is 314 g/mol. The predicted molar refractivity (Wildman–Crippen MR) is 87.8 cm³/mol. The predicted octanol–water partition coefficient (Wildman–Crippen LogP) is 2.71. The van der Waals surface area contributed by atoms with Gasteiger partial charge in [0.15, 0.2) is 0 Å². The van der Waals surface area contributed by atoms with Gasteiger partial charge in [0.1, 0.15) is 5.75 Å². The Labute approximate surface area is 134 Å². The van der Waals surface area contributed by atoms with E-state index in [1.54, 1.807) is 43.3 Å². The van der Waals surface area contributed by atoms with Crippen LogP contribution in [0.2, 0.25) is 0 Å². The Morgan fingerprint density at radius 2 is 1.91 bits per heavy atom. The zero-order valence-corrected chi connectivity index (χ0v) is 13.0. The first-order chi connectivity index (χ1) is 11.0. The van der Waals surface area contributed by atoms with Gasteiger partial charge in [-0.1, -0.05) is 6.07 Å². The minimum absolute atomic E-state index is 0.292. The highest BCUT2D eigenvalue weighted by molar-refractivity contribution is 6.05. The maximum absolute atomic E-state index is 12.2. The molecule has 2 aromatic rings. The largest absolute Gasteiger partial charge is 0.495 e. The molecule has 0 aromatic heterocycles. The number of nitrogens with two attached hydrogens (primary N) is 1. The van der Waals surface area contributed by atoms with E-state index in [1.165, 1.54) is 13.2 Å². The van der Waals surface area contributed by atoms with Gasteiger partial charge < -0.3 is 20.5 Å². The molecular weight excluding hydrogens is 296 g/mol. The van der Waals surface area contributed by atoms with Crippen molar-refractivity contribution in [1.82, 2.24) is 0 Å². The van der Waals surface area contributed by atoms with E-state index in [0.717, 1.165) is 0 Å². The van der Waals surface area contributed by atoms with Crippen molar-refractivity contribution in [2.75, 3.05) is 24.8 Å². The van der Waals surface area contributed by atoms with Crippen molar-refractivity contribution in [3.05, 3.63) is 53.6 Å². The van der Waals surface area contributed by atoms with E-state index in [1.807, 2.05) is 0 Å². The number of hydrogen-bond donors (Lipinski definition) is 2. The topological polar surface area (TPSA) is 90.6 Å². The molecule has 0 fully saturated rings. The molecule has 0 aliphatic carbocycles. The van der Waals surface area contributed by atoms with E-state index >= 15 is 0 Å². The molecule has 6 heteroatoms. The molecule has 0 atom stereocenters. The van der Waals surface area contributed by atoms with Crippen molar-refractivity contribution in [1.29, 1.82) is 0 Å². The van der Waals surface area contributed by atoms with Crippen LogP contribution in [-0.4, -0.2) is 25.6 Å². The number of esters is 1. The summed E-state index contributed by atoms with van der Waals surface area (Å²) >= 11 is 0. The SMILES string of the molecule is CCOC(=O)c1cccc(NC(=O)c2ccc(OC)c(N)c2)c1. The number of amides is 1. The van der Waals surface area contributed by atoms with Gasteiger partial charge in [0, 0.05) is 11.3 Å². The van der Waals surface area contributed by atoms with Crippen LogP contribution in [0.5, 0.6) is 5.75 Å². The lowest BCUT2D eigenvalue weighted by Gasteiger charge is -2.09. The maximum Gasteiger partial charge on any atom is 0.338 e. The van der Waals surface area contributed by atoms with Crippen LogP contribution in [0.1, 0.15) is 27.6 Å². The van der Waals surface area contributed by atoms with Crippen LogP contribution in [0, 0.1) is 0 Å². The van der Waals surface area contributed by atoms with Crippen LogP contribution < -0.4 is 15.8 Å². The van der Waals surface area contributed by atoms with Crippen molar-refractivity contribution in [2.45, 2.75) is 6.92 Å². The van der Waals surface area contributed by atoms with Crippen LogP contribution in [0.3, 0.4) is 0 Å². The van der Waals surface area contributed by atoms with Crippen LogP contribution in [0.15, 0.2) is 42.5 Å². The molecule has 0 aliphatic rings. The molecule has 0 radical (unpaired) electrons. The van der Waals surface area contributed by atoms with Crippen LogP contribution >= 0.6 is 0 Å². The van der Waals surface area contributed by atoms with Gasteiger partial charge in [-0.15, -0.1) is 0 Å². The summed E-state index contributed by atoms with van der Waals surface area (Å²) in [5.74, 6) is -0.261. The molecule has 1 amide bonds. The summed E-state index contributed by atoms with van der Waals surface area (Å²) in [6.45, 7) is 2.03. The third-order valence-corrected chi connectivity index (χ3v) is 3.12. The number of hydrogen-bond acceptors (Lipinski definition) is 5. The number of ether oxygens (including phenoxy) is 2. The zero-order valence-electron chi connectivity index (χ0n) is 13.0. The molecule has 0 bridgehead atoms. The number of anilines is 2. The fourth-order valence-corrected chi connectivity index (χ4v) is 2.02. The lowest BCUT2D eigenvalue weighted by atomic mass is 10.1. The fraction of sp³-hybridized carbons (Fsp3) is 0.176. The van der Waals surface area contributed by atoms with E-state index in [0.29, 0.717) is 34.9 Å². The number of nitrogens with one attached hydrogen (secondary N) is 1. The van der Waals surface area contributed by atoms with Gasteiger partial charge in [0.2, 0.25) is 0 Å². The molecule has 0 aliphatic heterocycles. The Kier molecular flexibility index (Phi) is 5.19. The van der Waals surface area contributed by atoms with E-state index in [4.69, 9.17) is 15.2 Å².